The van der Waals surface area contributed by atoms with Crippen LogP contribution in [0.5, 0.6) is 5.75 Å². The molecule has 142 valence electrons. The zero-order valence-electron chi connectivity index (χ0n) is 14.8. The van der Waals surface area contributed by atoms with Gasteiger partial charge in [0.1, 0.15) is 5.75 Å². The Balaban J connectivity index is 2.14. The smallest absolute Gasteiger partial charge is 0.325 e. The minimum absolute atomic E-state index is 0.0328. The molecule has 0 bridgehead atoms. The molecule has 0 radical (unpaired) electrons. The van der Waals surface area contributed by atoms with E-state index < -0.39 is 26.2 Å². The number of benzene rings is 1. The van der Waals surface area contributed by atoms with Crippen molar-refractivity contribution >= 4 is 15.7 Å². The van der Waals surface area contributed by atoms with Gasteiger partial charge in [-0.2, -0.15) is 0 Å². The van der Waals surface area contributed by atoms with E-state index in [1.165, 1.54) is 6.92 Å². The lowest BCUT2D eigenvalue weighted by atomic mass is 10.2. The van der Waals surface area contributed by atoms with E-state index in [1.807, 2.05) is 4.98 Å². The zero-order chi connectivity index (χ0) is 19.2. The van der Waals surface area contributed by atoms with Crippen LogP contribution in [0.2, 0.25) is 0 Å². The third-order valence-corrected chi connectivity index (χ3v) is 5.23. The number of nitrogens with one attached hydrogen (secondary N) is 3. The summed E-state index contributed by atoms with van der Waals surface area (Å²) >= 11 is 0. The summed E-state index contributed by atoms with van der Waals surface area (Å²) < 4.78 is 33.0. The Labute approximate surface area is 151 Å². The van der Waals surface area contributed by atoms with Crippen LogP contribution in [-0.4, -0.2) is 25.0 Å². The summed E-state index contributed by atoms with van der Waals surface area (Å²) in [6.45, 7) is 4.03. The summed E-state index contributed by atoms with van der Waals surface area (Å²) in [5.41, 5.74) is -1.50. The molecular formula is C17H23N3O5S. The van der Waals surface area contributed by atoms with Gasteiger partial charge < -0.3 is 9.72 Å². The molecule has 0 saturated heterocycles. The SMILES string of the molecule is CCCCCCOc1cccc(NS(=O)(=O)c2c(C)[nH]c(=O)[nH]c2=O)c1. The van der Waals surface area contributed by atoms with E-state index >= 15 is 0 Å². The number of aromatic nitrogens is 2. The normalized spacial score (nSPS) is 11.3. The number of hydrogen-bond donors (Lipinski definition) is 3. The number of sulfonamides is 1. The lowest BCUT2D eigenvalue weighted by Gasteiger charge is -2.11. The van der Waals surface area contributed by atoms with E-state index in [4.69, 9.17) is 4.74 Å². The highest BCUT2D eigenvalue weighted by molar-refractivity contribution is 7.92. The number of hydrogen-bond acceptors (Lipinski definition) is 5. The van der Waals surface area contributed by atoms with Crippen molar-refractivity contribution in [3.63, 3.8) is 0 Å². The minimum atomic E-state index is -4.16. The Kier molecular flexibility index (Phi) is 6.62. The molecule has 1 heterocycles. The molecule has 0 aliphatic heterocycles. The first kappa shape index (κ1) is 19.8. The van der Waals surface area contributed by atoms with Crippen LogP contribution in [0.4, 0.5) is 5.69 Å². The predicted octanol–water partition coefficient (Wildman–Crippen LogP) is 2.13. The average Bonchev–Trinajstić information content (AvgIpc) is 2.53. The molecule has 9 heteroatoms. The number of aromatic amines is 2. The Hall–Kier alpha value is -2.55. The van der Waals surface area contributed by atoms with Gasteiger partial charge in [0.25, 0.3) is 15.6 Å². The summed E-state index contributed by atoms with van der Waals surface area (Å²) in [5, 5.41) is 0. The van der Waals surface area contributed by atoms with E-state index in [2.05, 4.69) is 16.6 Å². The largest absolute Gasteiger partial charge is 0.494 e. The Morgan fingerprint density at radius 2 is 1.88 bits per heavy atom. The molecule has 0 spiro atoms. The van der Waals surface area contributed by atoms with Crippen LogP contribution in [0.15, 0.2) is 38.8 Å². The first-order valence-corrected chi connectivity index (χ1v) is 9.90. The predicted molar refractivity (Wildman–Crippen MR) is 99.3 cm³/mol. The van der Waals surface area contributed by atoms with Crippen molar-refractivity contribution in [1.29, 1.82) is 0 Å². The highest BCUT2D eigenvalue weighted by atomic mass is 32.2. The molecule has 2 rings (SSSR count). The van der Waals surface area contributed by atoms with Gasteiger partial charge in [-0.05, 0) is 25.5 Å². The summed E-state index contributed by atoms with van der Waals surface area (Å²) in [7, 11) is -4.16. The van der Waals surface area contributed by atoms with Crippen molar-refractivity contribution in [2.45, 2.75) is 44.4 Å². The van der Waals surface area contributed by atoms with Gasteiger partial charge in [-0.1, -0.05) is 32.3 Å². The lowest BCUT2D eigenvalue weighted by Crippen LogP contribution is -2.31. The number of unbranched alkanes of at least 4 members (excludes halogenated alkanes) is 3. The van der Waals surface area contributed by atoms with Crippen molar-refractivity contribution in [3.8, 4) is 5.75 Å². The molecule has 8 nitrogen and oxygen atoms in total. The standard InChI is InChI=1S/C17H23N3O5S/c1-3-4-5-6-10-25-14-9-7-8-13(11-14)20-26(23,24)15-12(2)18-17(22)19-16(15)21/h7-9,11,20H,3-6,10H2,1-2H3,(H2,18,19,21,22). The van der Waals surface area contributed by atoms with Crippen LogP contribution < -0.4 is 20.7 Å². The van der Waals surface area contributed by atoms with Gasteiger partial charge in [-0.3, -0.25) is 14.5 Å². The molecule has 0 saturated carbocycles. The van der Waals surface area contributed by atoms with E-state index in [0.717, 1.165) is 25.7 Å². The van der Waals surface area contributed by atoms with Gasteiger partial charge in [0.2, 0.25) is 0 Å². The minimum Gasteiger partial charge on any atom is -0.494 e. The quantitative estimate of drug-likeness (QED) is 0.575. The maximum absolute atomic E-state index is 12.5. The highest BCUT2D eigenvalue weighted by Gasteiger charge is 2.22. The van der Waals surface area contributed by atoms with Crippen molar-refractivity contribution in [2.75, 3.05) is 11.3 Å². The molecule has 0 aliphatic carbocycles. The molecule has 0 unspecified atom stereocenters. The molecule has 0 amide bonds. The maximum Gasteiger partial charge on any atom is 0.325 e. The summed E-state index contributed by atoms with van der Waals surface area (Å²) in [5.74, 6) is 0.536. The fraction of sp³-hybridized carbons (Fsp3) is 0.412. The fourth-order valence-electron chi connectivity index (χ4n) is 2.49. The maximum atomic E-state index is 12.5. The number of anilines is 1. The van der Waals surface area contributed by atoms with Crippen LogP contribution in [0.3, 0.4) is 0 Å². The molecular weight excluding hydrogens is 358 g/mol. The molecule has 0 atom stereocenters. The van der Waals surface area contributed by atoms with Crippen LogP contribution in [-0.2, 0) is 10.0 Å². The zero-order valence-corrected chi connectivity index (χ0v) is 15.6. The van der Waals surface area contributed by atoms with Crippen LogP contribution >= 0.6 is 0 Å². The number of aryl methyl sites for hydroxylation is 1. The van der Waals surface area contributed by atoms with E-state index in [9.17, 15) is 18.0 Å². The Morgan fingerprint density at radius 1 is 1.12 bits per heavy atom. The first-order valence-electron chi connectivity index (χ1n) is 8.42. The van der Waals surface area contributed by atoms with Crippen molar-refractivity contribution in [2.24, 2.45) is 0 Å². The van der Waals surface area contributed by atoms with Gasteiger partial charge in [-0.25, -0.2) is 13.2 Å². The van der Waals surface area contributed by atoms with Crippen LogP contribution in [0.25, 0.3) is 0 Å². The Bertz CT molecular complexity index is 963. The van der Waals surface area contributed by atoms with Gasteiger partial charge in [0.15, 0.2) is 4.90 Å². The van der Waals surface area contributed by atoms with Crippen molar-refractivity contribution in [1.82, 2.24) is 9.97 Å². The molecule has 3 N–H and O–H groups in total. The van der Waals surface area contributed by atoms with Gasteiger partial charge in [0, 0.05) is 11.8 Å². The molecule has 1 aromatic carbocycles. The molecule has 1 aromatic heterocycles. The molecule has 0 fully saturated rings. The third kappa shape index (κ3) is 5.22. The second-order valence-corrected chi connectivity index (χ2v) is 7.52. The highest BCUT2D eigenvalue weighted by Crippen LogP contribution is 2.20. The van der Waals surface area contributed by atoms with Crippen molar-refractivity contribution < 1.29 is 13.2 Å². The second kappa shape index (κ2) is 8.70. The van der Waals surface area contributed by atoms with Crippen molar-refractivity contribution in [3.05, 3.63) is 50.8 Å². The second-order valence-electron chi connectivity index (χ2n) is 5.90. The van der Waals surface area contributed by atoms with E-state index in [1.54, 1.807) is 24.3 Å². The number of ether oxygens (including phenoxy) is 1. The van der Waals surface area contributed by atoms with Gasteiger partial charge in [0.05, 0.1) is 12.3 Å². The first-order chi connectivity index (χ1) is 12.3. The summed E-state index contributed by atoms with van der Waals surface area (Å²) in [6.07, 6.45) is 4.30. The van der Waals surface area contributed by atoms with Crippen LogP contribution in [0.1, 0.15) is 38.3 Å². The number of H-pyrrole nitrogens is 2. The Morgan fingerprint density at radius 3 is 2.58 bits per heavy atom. The van der Waals surface area contributed by atoms with E-state index in [0.29, 0.717) is 12.4 Å². The summed E-state index contributed by atoms with van der Waals surface area (Å²) in [6, 6.07) is 6.49. The number of rotatable bonds is 9. The fourth-order valence-corrected chi connectivity index (χ4v) is 3.78. The molecule has 2 aromatic rings. The monoisotopic (exact) mass is 381 g/mol. The van der Waals surface area contributed by atoms with Gasteiger partial charge in [-0.15, -0.1) is 0 Å². The third-order valence-electron chi connectivity index (χ3n) is 3.70. The average molecular weight is 381 g/mol. The van der Waals surface area contributed by atoms with Crippen LogP contribution in [0, 0.1) is 6.92 Å². The lowest BCUT2D eigenvalue weighted by molar-refractivity contribution is 0.305. The van der Waals surface area contributed by atoms with Gasteiger partial charge >= 0.3 is 5.69 Å². The topological polar surface area (TPSA) is 121 Å². The summed E-state index contributed by atoms with van der Waals surface area (Å²) in [4.78, 5) is 26.8. The van der Waals surface area contributed by atoms with E-state index in [-0.39, 0.29) is 11.4 Å². The molecule has 0 aliphatic rings. The molecule has 26 heavy (non-hydrogen) atoms.